The van der Waals surface area contributed by atoms with E-state index in [1.165, 1.54) is 12.3 Å². The maximum absolute atomic E-state index is 13.5. The summed E-state index contributed by atoms with van der Waals surface area (Å²) in [7, 11) is 3.74. The molecule has 5 aromatic heterocycles. The number of hydrogen-bond donors (Lipinski definition) is 3. The number of rotatable bonds is 6. The predicted molar refractivity (Wildman–Crippen MR) is 148 cm³/mol. The Morgan fingerprint density at radius 3 is 2.70 bits per heavy atom. The summed E-state index contributed by atoms with van der Waals surface area (Å²) < 4.78 is 22.0. The minimum atomic E-state index is -0.986. The largest absolute Gasteiger partial charge is 0.405 e. The lowest BCUT2D eigenvalue weighted by atomic mass is 9.79. The number of nitrogens with zero attached hydrogens (tertiary/aromatic N) is 6. The Bertz CT molecular complexity index is 1810. The molecule has 1 aromatic carbocycles. The number of anilines is 1. The van der Waals surface area contributed by atoms with Gasteiger partial charge in [0.15, 0.2) is 5.54 Å². The van der Waals surface area contributed by atoms with Crippen molar-refractivity contribution in [3.05, 3.63) is 102 Å². The zero-order valence-electron chi connectivity index (χ0n) is 22.3. The molecule has 0 fully saturated rings. The second kappa shape index (κ2) is 9.16. The molecule has 0 saturated heterocycles. The van der Waals surface area contributed by atoms with E-state index in [0.717, 1.165) is 40.1 Å². The van der Waals surface area contributed by atoms with Gasteiger partial charge < -0.3 is 23.9 Å². The third-order valence-electron chi connectivity index (χ3n) is 7.58. The molecule has 1 aliphatic rings. The minimum absolute atomic E-state index is 0.249. The molecule has 0 spiro atoms. The van der Waals surface area contributed by atoms with E-state index in [1.54, 1.807) is 17.2 Å². The van der Waals surface area contributed by atoms with Gasteiger partial charge in [-0.25, -0.2) is 9.37 Å². The van der Waals surface area contributed by atoms with Crippen molar-refractivity contribution in [2.45, 2.75) is 31.5 Å². The van der Waals surface area contributed by atoms with Gasteiger partial charge in [0.1, 0.15) is 11.6 Å². The molecule has 7 rings (SSSR count). The number of fused-ring (bicyclic) bond motifs is 3. The van der Waals surface area contributed by atoms with Crippen molar-refractivity contribution in [1.29, 1.82) is 0 Å². The zero-order chi connectivity index (χ0) is 27.4. The van der Waals surface area contributed by atoms with Gasteiger partial charge in [-0.05, 0) is 43.2 Å². The highest BCUT2D eigenvalue weighted by atomic mass is 19.1. The Morgan fingerprint density at radius 1 is 1.07 bits per heavy atom. The lowest BCUT2D eigenvalue weighted by molar-refractivity contribution is 0.291. The first kappa shape index (κ1) is 24.3. The first-order valence-corrected chi connectivity index (χ1v) is 13.2. The summed E-state index contributed by atoms with van der Waals surface area (Å²) in [4.78, 5) is 17.9. The second-order valence-electron chi connectivity index (χ2n) is 10.2. The smallest absolute Gasteiger partial charge is 0.317 e. The van der Waals surface area contributed by atoms with Crippen LogP contribution in [0.15, 0.2) is 71.7 Å². The van der Waals surface area contributed by atoms with E-state index < -0.39 is 5.54 Å². The molecule has 3 N–H and O–H groups in total. The van der Waals surface area contributed by atoms with E-state index in [0.29, 0.717) is 29.7 Å². The molecule has 6 aromatic rings. The first-order valence-electron chi connectivity index (χ1n) is 13.2. The van der Waals surface area contributed by atoms with Crippen molar-refractivity contribution < 1.29 is 8.81 Å². The quantitative estimate of drug-likeness (QED) is 0.286. The molecule has 11 heteroatoms. The molecule has 1 unspecified atom stereocenters. The number of aromatic nitrogens is 7. The third kappa shape index (κ3) is 3.73. The van der Waals surface area contributed by atoms with Crippen LogP contribution in [0.5, 0.6) is 0 Å². The summed E-state index contributed by atoms with van der Waals surface area (Å²) in [5, 5.41) is 13.9. The highest BCUT2D eigenvalue weighted by Gasteiger charge is 2.50. The Kier molecular flexibility index (Phi) is 5.56. The maximum Gasteiger partial charge on any atom is 0.317 e. The van der Waals surface area contributed by atoms with Crippen LogP contribution in [-0.4, -0.2) is 48.8 Å². The van der Waals surface area contributed by atoms with Crippen LogP contribution in [0.3, 0.4) is 0 Å². The molecule has 0 radical (unpaired) electrons. The Morgan fingerprint density at radius 2 is 1.95 bits per heavy atom. The third-order valence-corrected chi connectivity index (χ3v) is 7.58. The van der Waals surface area contributed by atoms with Gasteiger partial charge in [0.25, 0.3) is 0 Å². The summed E-state index contributed by atoms with van der Waals surface area (Å²) in [5.74, 6) is 0.767. The molecule has 10 nitrogen and oxygen atoms in total. The predicted octanol–water partition coefficient (Wildman–Crippen LogP) is 4.54. The van der Waals surface area contributed by atoms with E-state index >= 15 is 0 Å². The summed E-state index contributed by atoms with van der Waals surface area (Å²) in [6.07, 6.45) is 7.76. The number of halogens is 1. The molecule has 1 aliphatic heterocycles. The van der Waals surface area contributed by atoms with Crippen molar-refractivity contribution in [2.24, 2.45) is 0 Å². The minimum Gasteiger partial charge on any atom is -0.405 e. The van der Waals surface area contributed by atoms with Crippen LogP contribution in [0.25, 0.3) is 22.3 Å². The van der Waals surface area contributed by atoms with Crippen LogP contribution in [0, 0.1) is 5.82 Å². The van der Waals surface area contributed by atoms with Crippen LogP contribution >= 0.6 is 0 Å². The topological polar surface area (TPSA) is 116 Å². The van der Waals surface area contributed by atoms with Crippen molar-refractivity contribution in [3.8, 4) is 11.4 Å². The number of para-hydroxylation sites is 1. The molecule has 0 aliphatic carbocycles. The number of aromatic amines is 2. The Hall–Kier alpha value is -4.77. The van der Waals surface area contributed by atoms with E-state index in [9.17, 15) is 4.39 Å². The fraction of sp³-hybridized carbons (Fsp3) is 0.241. The number of H-pyrrole nitrogens is 2. The van der Waals surface area contributed by atoms with Crippen molar-refractivity contribution in [2.75, 3.05) is 19.0 Å². The van der Waals surface area contributed by atoms with Gasteiger partial charge in [-0.1, -0.05) is 23.3 Å². The normalized spacial score (nSPS) is 18.8. The lowest BCUT2D eigenvalue weighted by Crippen LogP contribution is -2.51. The van der Waals surface area contributed by atoms with Gasteiger partial charge in [-0.15, -0.1) is 5.10 Å². The van der Waals surface area contributed by atoms with Gasteiger partial charge in [-0.3, -0.25) is 10.3 Å². The number of imidazole rings is 1. The fourth-order valence-electron chi connectivity index (χ4n) is 5.59. The molecule has 0 bridgehead atoms. The fourth-order valence-corrected chi connectivity index (χ4v) is 5.59. The Balaban J connectivity index is 1.44. The molecular formula is C29H28FN9O. The average molecular weight is 538 g/mol. The number of hydrogen-bond acceptors (Lipinski definition) is 7. The number of aryl methyl sites for hydroxylation is 1. The summed E-state index contributed by atoms with van der Waals surface area (Å²) in [5.41, 5.74) is 4.43. The maximum atomic E-state index is 13.5. The van der Waals surface area contributed by atoms with Crippen LogP contribution < -0.4 is 10.2 Å². The summed E-state index contributed by atoms with van der Waals surface area (Å²) in [6, 6.07) is 13.6. The molecule has 202 valence electrons. The molecule has 40 heavy (non-hydrogen) atoms. The van der Waals surface area contributed by atoms with Gasteiger partial charge in [0.2, 0.25) is 5.89 Å². The van der Waals surface area contributed by atoms with Crippen LogP contribution in [0.4, 0.5) is 10.4 Å². The zero-order valence-corrected chi connectivity index (χ0v) is 22.3. The Labute approximate surface area is 229 Å². The lowest BCUT2D eigenvalue weighted by Gasteiger charge is -2.39. The SMILES string of the molecule is CCn1ccc(C2(c3nnc(N(C)C)o3)N[C@@H](c3ncc(-c4ccc(F)cn4)[nH]3)Cc3c2[nH]c2ccccc32)c1. The molecule has 0 saturated carbocycles. The highest BCUT2D eigenvalue weighted by molar-refractivity contribution is 5.86. The molecule has 6 heterocycles. The van der Waals surface area contributed by atoms with Crippen LogP contribution in [-0.2, 0) is 18.5 Å². The number of nitrogens with one attached hydrogen (secondary N) is 3. The highest BCUT2D eigenvalue weighted by Crippen LogP contribution is 2.46. The van der Waals surface area contributed by atoms with Crippen molar-refractivity contribution in [3.63, 3.8) is 0 Å². The van der Waals surface area contributed by atoms with Gasteiger partial charge in [0.05, 0.1) is 35.5 Å². The second-order valence-corrected chi connectivity index (χ2v) is 10.2. The van der Waals surface area contributed by atoms with Crippen LogP contribution in [0.2, 0.25) is 0 Å². The summed E-state index contributed by atoms with van der Waals surface area (Å²) >= 11 is 0. The van der Waals surface area contributed by atoms with Crippen molar-refractivity contribution >= 4 is 16.9 Å². The number of pyridine rings is 1. The number of benzene rings is 1. The standard InChI is InChI=1S/C29H28FN9O/c1-4-39-12-11-17(16-39)29(27-36-37-28(40-27)38(2)3)25-20(19-7-5-6-8-21(19)33-25)13-23(35-29)26-32-15-24(34-26)22-10-9-18(30)14-31-22/h5-12,14-16,23,33,35H,4,13H2,1-3H3,(H,32,34)/t23-,29?/m1/s1. The first-order chi connectivity index (χ1) is 19.5. The monoisotopic (exact) mass is 537 g/mol. The van der Waals surface area contributed by atoms with E-state index in [1.807, 2.05) is 26.2 Å². The van der Waals surface area contributed by atoms with Gasteiger partial charge in [0, 0.05) is 49.5 Å². The van der Waals surface area contributed by atoms with E-state index in [2.05, 4.69) is 72.5 Å². The van der Waals surface area contributed by atoms with E-state index in [4.69, 9.17) is 9.40 Å². The van der Waals surface area contributed by atoms with Gasteiger partial charge in [-0.2, -0.15) is 0 Å². The molecule has 0 amide bonds. The molecule has 2 atom stereocenters. The van der Waals surface area contributed by atoms with Crippen molar-refractivity contribution in [1.82, 2.24) is 40.0 Å². The van der Waals surface area contributed by atoms with E-state index in [-0.39, 0.29) is 11.9 Å². The van der Waals surface area contributed by atoms with Gasteiger partial charge >= 0.3 is 6.01 Å². The average Bonchev–Trinajstić information content (AvgIpc) is 3.78. The molecular weight excluding hydrogens is 509 g/mol. The van der Waals surface area contributed by atoms with Crippen LogP contribution in [0.1, 0.15) is 41.5 Å². The summed E-state index contributed by atoms with van der Waals surface area (Å²) in [6.45, 7) is 2.92.